The van der Waals surface area contributed by atoms with Gasteiger partial charge in [0, 0.05) is 18.8 Å². The van der Waals surface area contributed by atoms with Crippen molar-refractivity contribution in [1.29, 1.82) is 0 Å². The molecule has 3 nitrogen and oxygen atoms in total. The molecule has 0 unspecified atom stereocenters. The third-order valence-corrected chi connectivity index (χ3v) is 1.28. The molecule has 0 aliphatic carbocycles. The number of nitrogens with zero attached hydrogens (tertiary/aromatic N) is 1. The highest BCUT2D eigenvalue weighted by Gasteiger charge is 1.99. The lowest BCUT2D eigenvalue weighted by molar-refractivity contribution is -0.143. The molecule has 0 radical (unpaired) electrons. The second-order valence-corrected chi connectivity index (χ2v) is 2.43. The molecule has 0 aromatic heterocycles. The molecule has 0 aromatic rings. The van der Waals surface area contributed by atoms with Crippen molar-refractivity contribution in [2.75, 3.05) is 13.2 Å². The van der Waals surface area contributed by atoms with E-state index in [4.69, 9.17) is 4.74 Å². The van der Waals surface area contributed by atoms with E-state index in [1.54, 1.807) is 0 Å². The van der Waals surface area contributed by atoms with Crippen LogP contribution in [0.25, 0.3) is 0 Å². The van der Waals surface area contributed by atoms with Crippen LogP contribution in [0.15, 0.2) is 4.36 Å². The second kappa shape index (κ2) is 7.60. The van der Waals surface area contributed by atoms with Crippen molar-refractivity contribution < 1.29 is 9.53 Å². The highest BCUT2D eigenvalue weighted by atomic mass is 32.1. The molecule has 0 spiro atoms. The maximum Gasteiger partial charge on any atom is 0.305 e. The molecule has 0 amide bonds. The Hall–Kier alpha value is -0.510. The van der Waals surface area contributed by atoms with Crippen molar-refractivity contribution in [3.05, 3.63) is 0 Å². The summed E-state index contributed by atoms with van der Waals surface area (Å²) in [5.41, 5.74) is 0. The van der Waals surface area contributed by atoms with E-state index < -0.39 is 0 Å². The van der Waals surface area contributed by atoms with E-state index in [9.17, 15) is 4.79 Å². The number of hydrogen-bond acceptors (Lipinski definition) is 4. The summed E-state index contributed by atoms with van der Waals surface area (Å²) in [6.45, 7) is 3.05. The maximum absolute atomic E-state index is 10.8. The SMILES string of the molecule is CCCOC(=O)CCCN=S. The first-order chi connectivity index (χ1) is 5.31. The Morgan fingerprint density at radius 2 is 2.36 bits per heavy atom. The Balaban J connectivity index is 3.15. The smallest absolute Gasteiger partial charge is 0.305 e. The summed E-state index contributed by atoms with van der Waals surface area (Å²) in [4.78, 5) is 10.8. The van der Waals surface area contributed by atoms with Crippen molar-refractivity contribution in [3.8, 4) is 0 Å². The molecule has 0 atom stereocenters. The van der Waals surface area contributed by atoms with Crippen LogP contribution < -0.4 is 0 Å². The number of hydrogen-bond donors (Lipinski definition) is 0. The van der Waals surface area contributed by atoms with Gasteiger partial charge in [0.1, 0.15) is 0 Å². The molecule has 0 rings (SSSR count). The Morgan fingerprint density at radius 3 is 2.91 bits per heavy atom. The largest absolute Gasteiger partial charge is 0.466 e. The predicted molar refractivity (Wildman–Crippen MR) is 45.1 cm³/mol. The minimum absolute atomic E-state index is 0.148. The van der Waals surface area contributed by atoms with Crippen molar-refractivity contribution in [1.82, 2.24) is 0 Å². The zero-order chi connectivity index (χ0) is 8.53. The first kappa shape index (κ1) is 10.5. The molecule has 64 valence electrons. The standard InChI is InChI=1S/C7H13NO2S/c1-2-6-10-7(9)4-3-5-8-11/h2-6H2,1H3. The van der Waals surface area contributed by atoms with Crippen LogP contribution in [-0.2, 0) is 22.0 Å². The van der Waals surface area contributed by atoms with E-state index in [1.165, 1.54) is 0 Å². The molecule has 0 heterocycles. The first-order valence-electron chi connectivity index (χ1n) is 3.76. The van der Waals surface area contributed by atoms with E-state index in [0.717, 1.165) is 6.42 Å². The van der Waals surface area contributed by atoms with Gasteiger partial charge in [-0.1, -0.05) is 6.92 Å². The predicted octanol–water partition coefficient (Wildman–Crippen LogP) is 1.45. The maximum atomic E-state index is 10.8. The van der Waals surface area contributed by atoms with E-state index in [-0.39, 0.29) is 5.97 Å². The van der Waals surface area contributed by atoms with Gasteiger partial charge in [0.05, 0.1) is 13.2 Å². The van der Waals surface area contributed by atoms with Crippen molar-refractivity contribution in [3.63, 3.8) is 0 Å². The molecular weight excluding hydrogens is 162 g/mol. The molecule has 0 N–H and O–H groups in total. The van der Waals surface area contributed by atoms with Gasteiger partial charge in [-0.05, 0) is 12.8 Å². The van der Waals surface area contributed by atoms with Crippen LogP contribution in [0, 0.1) is 0 Å². The molecule has 0 bridgehead atoms. The van der Waals surface area contributed by atoms with Crippen LogP contribution in [-0.4, -0.2) is 19.1 Å². The second-order valence-electron chi connectivity index (χ2n) is 2.18. The van der Waals surface area contributed by atoms with E-state index in [2.05, 4.69) is 16.8 Å². The molecular formula is C7H13NO2S. The number of rotatable bonds is 6. The Morgan fingerprint density at radius 1 is 1.64 bits per heavy atom. The number of carbonyl (C=O) groups excluding carboxylic acids is 1. The van der Waals surface area contributed by atoms with Gasteiger partial charge in [-0.2, -0.15) is 0 Å². The number of ether oxygens (including phenoxy) is 1. The fraction of sp³-hybridized carbons (Fsp3) is 0.857. The Kier molecular flexibility index (Phi) is 7.24. The van der Waals surface area contributed by atoms with Crippen LogP contribution in [0.4, 0.5) is 0 Å². The van der Waals surface area contributed by atoms with E-state index in [0.29, 0.717) is 26.0 Å². The summed E-state index contributed by atoms with van der Waals surface area (Å²) in [6.07, 6.45) is 2.00. The van der Waals surface area contributed by atoms with Crippen LogP contribution in [0.2, 0.25) is 0 Å². The van der Waals surface area contributed by atoms with Gasteiger partial charge in [-0.3, -0.25) is 4.79 Å². The van der Waals surface area contributed by atoms with E-state index in [1.807, 2.05) is 6.92 Å². The topological polar surface area (TPSA) is 38.7 Å². The Bertz CT molecular complexity index is 128. The molecule has 0 saturated carbocycles. The summed E-state index contributed by atoms with van der Waals surface area (Å²) in [5.74, 6) is -0.148. The van der Waals surface area contributed by atoms with Crippen molar-refractivity contribution in [2.24, 2.45) is 4.36 Å². The lowest BCUT2D eigenvalue weighted by Gasteiger charge is -2.00. The van der Waals surface area contributed by atoms with Crippen LogP contribution in [0.3, 0.4) is 0 Å². The molecule has 0 aromatic carbocycles. The van der Waals surface area contributed by atoms with Crippen LogP contribution in [0.1, 0.15) is 26.2 Å². The van der Waals surface area contributed by atoms with Crippen molar-refractivity contribution in [2.45, 2.75) is 26.2 Å². The van der Waals surface area contributed by atoms with Crippen LogP contribution in [0.5, 0.6) is 0 Å². The molecule has 0 aliphatic heterocycles. The molecule has 0 aliphatic rings. The van der Waals surface area contributed by atoms with Gasteiger partial charge in [0.25, 0.3) is 0 Å². The third kappa shape index (κ3) is 7.39. The average Bonchev–Trinajstić information content (AvgIpc) is 2.01. The quantitative estimate of drug-likeness (QED) is 0.453. The lowest BCUT2D eigenvalue weighted by Crippen LogP contribution is -2.05. The third-order valence-electron chi connectivity index (χ3n) is 1.10. The van der Waals surface area contributed by atoms with Gasteiger partial charge in [0.2, 0.25) is 0 Å². The number of esters is 1. The van der Waals surface area contributed by atoms with Gasteiger partial charge >= 0.3 is 5.97 Å². The van der Waals surface area contributed by atoms with Crippen LogP contribution >= 0.6 is 0 Å². The first-order valence-corrected chi connectivity index (χ1v) is 4.12. The minimum atomic E-state index is -0.148. The van der Waals surface area contributed by atoms with Gasteiger partial charge < -0.3 is 4.74 Å². The minimum Gasteiger partial charge on any atom is -0.466 e. The number of carbonyl (C=O) groups is 1. The molecule has 4 heteroatoms. The highest BCUT2D eigenvalue weighted by Crippen LogP contribution is 1.93. The van der Waals surface area contributed by atoms with Gasteiger partial charge in [-0.25, -0.2) is 4.36 Å². The molecule has 0 fully saturated rings. The summed E-state index contributed by atoms with van der Waals surface area (Å²) in [7, 11) is 0. The van der Waals surface area contributed by atoms with Crippen molar-refractivity contribution >= 4 is 18.4 Å². The monoisotopic (exact) mass is 175 g/mol. The fourth-order valence-corrected chi connectivity index (χ4v) is 0.705. The zero-order valence-corrected chi connectivity index (χ0v) is 7.52. The summed E-state index contributed by atoms with van der Waals surface area (Å²) >= 11 is 4.36. The average molecular weight is 175 g/mol. The lowest BCUT2D eigenvalue weighted by atomic mass is 10.3. The van der Waals surface area contributed by atoms with Gasteiger partial charge in [-0.15, -0.1) is 0 Å². The fourth-order valence-electron chi connectivity index (χ4n) is 0.576. The Labute approximate surface area is 72.3 Å². The summed E-state index contributed by atoms with van der Waals surface area (Å²) in [5, 5.41) is 0. The van der Waals surface area contributed by atoms with Gasteiger partial charge in [0.15, 0.2) is 0 Å². The molecule has 0 saturated heterocycles. The summed E-state index contributed by atoms with van der Waals surface area (Å²) < 4.78 is 8.29. The zero-order valence-electron chi connectivity index (χ0n) is 6.71. The summed E-state index contributed by atoms with van der Waals surface area (Å²) in [6, 6.07) is 0. The highest BCUT2D eigenvalue weighted by molar-refractivity contribution is 7.47. The molecule has 11 heavy (non-hydrogen) atoms. The van der Waals surface area contributed by atoms with E-state index >= 15 is 0 Å². The normalized spacial score (nSPS) is 9.18.